The van der Waals surface area contributed by atoms with Crippen LogP contribution in [0.4, 0.5) is 0 Å². The molecule has 1 unspecified atom stereocenters. The third kappa shape index (κ3) is 2.35. The van der Waals surface area contributed by atoms with Crippen LogP contribution in [-0.4, -0.2) is 44.4 Å². The lowest BCUT2D eigenvalue weighted by Gasteiger charge is -2.59. The summed E-state index contributed by atoms with van der Waals surface area (Å²) in [6, 6.07) is 1.99. The van der Waals surface area contributed by atoms with Crippen LogP contribution in [0.2, 0.25) is 0 Å². The number of carbonyl (C=O) groups excluding carboxylic acids is 1. The van der Waals surface area contributed by atoms with Crippen LogP contribution < -0.4 is 0 Å². The lowest BCUT2D eigenvalue weighted by molar-refractivity contribution is -0.192. The van der Waals surface area contributed by atoms with Crippen molar-refractivity contribution in [2.75, 3.05) is 13.1 Å². The molecule has 1 amide bonds. The molecule has 0 bridgehead atoms. The summed E-state index contributed by atoms with van der Waals surface area (Å²) in [6.45, 7) is 7.85. The molecule has 5 heteroatoms. The molecule has 122 valence electrons. The molecule has 1 aliphatic heterocycles. The van der Waals surface area contributed by atoms with Gasteiger partial charge in [0.15, 0.2) is 0 Å². The third-order valence-corrected chi connectivity index (χ3v) is 6.05. The van der Waals surface area contributed by atoms with Crippen molar-refractivity contribution in [1.82, 2.24) is 14.7 Å². The van der Waals surface area contributed by atoms with E-state index in [1.807, 2.05) is 24.8 Å². The molecule has 22 heavy (non-hydrogen) atoms. The predicted octanol–water partition coefficient (Wildman–Crippen LogP) is 2.04. The van der Waals surface area contributed by atoms with E-state index in [0.29, 0.717) is 6.54 Å². The Bertz CT molecular complexity index is 568. The van der Waals surface area contributed by atoms with Crippen LogP contribution in [0.15, 0.2) is 6.07 Å². The first-order valence-electron chi connectivity index (χ1n) is 8.40. The van der Waals surface area contributed by atoms with Gasteiger partial charge in [-0.05, 0) is 52.0 Å². The standard InChI is InChI=1S/C17H27N3O2/c1-4-17(22)6-5-16(17)7-9-19(10-8-16)15(21)12-20-14(3)11-13(2)18-20/h11,22H,4-10,12H2,1-3H3. The van der Waals surface area contributed by atoms with Gasteiger partial charge in [0.2, 0.25) is 5.91 Å². The van der Waals surface area contributed by atoms with Crippen molar-refractivity contribution in [3.05, 3.63) is 17.5 Å². The monoisotopic (exact) mass is 305 g/mol. The SMILES string of the molecule is CCC1(O)CCC12CCN(C(=O)Cn1nc(C)cc1C)CC2. The van der Waals surface area contributed by atoms with Crippen LogP contribution in [0.25, 0.3) is 0 Å². The first-order valence-corrected chi connectivity index (χ1v) is 8.40. The molecule has 5 nitrogen and oxygen atoms in total. The number of amides is 1. The second-order valence-corrected chi connectivity index (χ2v) is 7.13. The second kappa shape index (κ2) is 5.37. The molecule has 1 aliphatic carbocycles. The quantitative estimate of drug-likeness (QED) is 0.930. The van der Waals surface area contributed by atoms with Gasteiger partial charge >= 0.3 is 0 Å². The van der Waals surface area contributed by atoms with Gasteiger partial charge in [-0.25, -0.2) is 0 Å². The topological polar surface area (TPSA) is 58.4 Å². The van der Waals surface area contributed by atoms with E-state index in [2.05, 4.69) is 12.0 Å². The van der Waals surface area contributed by atoms with Crippen molar-refractivity contribution >= 4 is 5.91 Å². The fraction of sp³-hybridized carbons (Fsp3) is 0.765. The maximum Gasteiger partial charge on any atom is 0.244 e. The van der Waals surface area contributed by atoms with Gasteiger partial charge in [0.05, 0.1) is 11.3 Å². The summed E-state index contributed by atoms with van der Waals surface area (Å²) in [4.78, 5) is 14.4. The highest BCUT2D eigenvalue weighted by Gasteiger charge is 2.57. The fourth-order valence-electron chi connectivity index (χ4n) is 4.28. The number of aliphatic hydroxyl groups is 1. The van der Waals surface area contributed by atoms with Gasteiger partial charge in [-0.2, -0.15) is 5.10 Å². The lowest BCUT2D eigenvalue weighted by atomic mass is 9.51. The summed E-state index contributed by atoms with van der Waals surface area (Å²) in [5.74, 6) is 0.139. The molecule has 1 atom stereocenters. The Kier molecular flexibility index (Phi) is 3.79. The van der Waals surface area contributed by atoms with E-state index in [9.17, 15) is 9.90 Å². The zero-order valence-corrected chi connectivity index (χ0v) is 13.9. The highest BCUT2D eigenvalue weighted by molar-refractivity contribution is 5.76. The van der Waals surface area contributed by atoms with Gasteiger partial charge in [-0.15, -0.1) is 0 Å². The minimum absolute atomic E-state index is 0.0662. The Morgan fingerprint density at radius 1 is 1.27 bits per heavy atom. The van der Waals surface area contributed by atoms with E-state index in [1.165, 1.54) is 0 Å². The molecule has 1 saturated heterocycles. The van der Waals surface area contributed by atoms with Crippen molar-refractivity contribution in [3.8, 4) is 0 Å². The molecule has 1 spiro atoms. The lowest BCUT2D eigenvalue weighted by Crippen LogP contribution is -2.61. The molecule has 1 N–H and O–H groups in total. The number of nitrogens with zero attached hydrogens (tertiary/aromatic N) is 3. The maximum absolute atomic E-state index is 12.5. The Morgan fingerprint density at radius 3 is 2.41 bits per heavy atom. The summed E-state index contributed by atoms with van der Waals surface area (Å²) < 4.78 is 1.79. The van der Waals surface area contributed by atoms with Gasteiger partial charge in [-0.3, -0.25) is 9.48 Å². The summed E-state index contributed by atoms with van der Waals surface area (Å²) in [5.41, 5.74) is 1.55. The van der Waals surface area contributed by atoms with Crippen LogP contribution in [-0.2, 0) is 11.3 Å². The molecule has 1 aromatic heterocycles. The van der Waals surface area contributed by atoms with Crippen molar-refractivity contribution in [2.24, 2.45) is 5.41 Å². The smallest absolute Gasteiger partial charge is 0.244 e. The molecule has 1 aromatic rings. The Hall–Kier alpha value is -1.36. The summed E-state index contributed by atoms with van der Waals surface area (Å²) in [6.07, 6.45) is 4.72. The number of aryl methyl sites for hydroxylation is 2. The minimum atomic E-state index is -0.488. The third-order valence-electron chi connectivity index (χ3n) is 6.05. The van der Waals surface area contributed by atoms with Crippen LogP contribution in [0.3, 0.4) is 0 Å². The average Bonchev–Trinajstić information content (AvgIpc) is 2.83. The highest BCUT2D eigenvalue weighted by Crippen LogP contribution is 2.57. The van der Waals surface area contributed by atoms with E-state index in [-0.39, 0.29) is 11.3 Å². The Morgan fingerprint density at radius 2 is 1.95 bits per heavy atom. The van der Waals surface area contributed by atoms with Crippen LogP contribution in [0.1, 0.15) is 50.4 Å². The number of aromatic nitrogens is 2. The van der Waals surface area contributed by atoms with E-state index in [4.69, 9.17) is 0 Å². The Labute approximate surface area is 132 Å². The average molecular weight is 305 g/mol. The summed E-state index contributed by atoms with van der Waals surface area (Å²) in [7, 11) is 0. The number of hydrogen-bond acceptors (Lipinski definition) is 3. The minimum Gasteiger partial charge on any atom is -0.389 e. The summed E-state index contributed by atoms with van der Waals surface area (Å²) in [5, 5.41) is 15.0. The molecule has 3 rings (SSSR count). The Balaban J connectivity index is 1.60. The maximum atomic E-state index is 12.5. The largest absolute Gasteiger partial charge is 0.389 e. The van der Waals surface area contributed by atoms with E-state index in [1.54, 1.807) is 4.68 Å². The van der Waals surface area contributed by atoms with Gasteiger partial charge < -0.3 is 10.0 Å². The van der Waals surface area contributed by atoms with Crippen LogP contribution >= 0.6 is 0 Å². The predicted molar refractivity (Wildman–Crippen MR) is 84.4 cm³/mol. The first kappa shape index (κ1) is 15.5. The van der Waals surface area contributed by atoms with Crippen molar-refractivity contribution in [2.45, 2.75) is 65.0 Å². The van der Waals surface area contributed by atoms with Crippen molar-refractivity contribution in [1.29, 1.82) is 0 Å². The highest BCUT2D eigenvalue weighted by atomic mass is 16.3. The zero-order valence-electron chi connectivity index (χ0n) is 13.9. The van der Waals surface area contributed by atoms with E-state index < -0.39 is 5.60 Å². The molecule has 0 radical (unpaired) electrons. The van der Waals surface area contributed by atoms with Gasteiger partial charge in [0.25, 0.3) is 0 Å². The first-order chi connectivity index (χ1) is 10.4. The zero-order chi connectivity index (χ0) is 16.0. The van der Waals surface area contributed by atoms with Crippen molar-refractivity contribution in [3.63, 3.8) is 0 Å². The molecular formula is C17H27N3O2. The normalized spacial score (nSPS) is 27.0. The summed E-state index contributed by atoms with van der Waals surface area (Å²) >= 11 is 0. The molecular weight excluding hydrogens is 278 g/mol. The number of hydrogen-bond donors (Lipinski definition) is 1. The molecule has 0 aromatic carbocycles. The molecule has 2 heterocycles. The van der Waals surface area contributed by atoms with Gasteiger partial charge in [0, 0.05) is 24.2 Å². The van der Waals surface area contributed by atoms with E-state index in [0.717, 1.165) is 56.6 Å². The van der Waals surface area contributed by atoms with E-state index >= 15 is 0 Å². The number of rotatable bonds is 3. The van der Waals surface area contributed by atoms with Gasteiger partial charge in [-0.1, -0.05) is 6.92 Å². The number of piperidine rings is 1. The van der Waals surface area contributed by atoms with Crippen LogP contribution in [0, 0.1) is 19.3 Å². The molecule has 2 aliphatic rings. The molecule has 2 fully saturated rings. The molecule has 1 saturated carbocycles. The number of likely N-dealkylation sites (tertiary alicyclic amines) is 1. The van der Waals surface area contributed by atoms with Crippen molar-refractivity contribution < 1.29 is 9.90 Å². The number of carbonyl (C=O) groups is 1. The van der Waals surface area contributed by atoms with Gasteiger partial charge in [0.1, 0.15) is 6.54 Å². The second-order valence-electron chi connectivity index (χ2n) is 7.13. The fourth-order valence-corrected chi connectivity index (χ4v) is 4.28. The van der Waals surface area contributed by atoms with Crippen LogP contribution in [0.5, 0.6) is 0 Å².